The fraction of sp³-hybridized carbons (Fsp3) is 0.421. The number of nitrogens with one attached hydrogen (secondary N) is 1. The molecule has 0 bridgehead atoms. The highest BCUT2D eigenvalue weighted by Crippen LogP contribution is 2.27. The second-order valence-corrected chi connectivity index (χ2v) is 6.20. The van der Waals surface area contributed by atoms with Crippen LogP contribution in [-0.4, -0.2) is 33.9 Å². The van der Waals surface area contributed by atoms with Gasteiger partial charge in [0, 0.05) is 18.0 Å². The van der Waals surface area contributed by atoms with Crippen molar-refractivity contribution in [1.29, 1.82) is 0 Å². The van der Waals surface area contributed by atoms with Gasteiger partial charge in [-0.2, -0.15) is 0 Å². The minimum absolute atomic E-state index is 0.0691. The lowest BCUT2D eigenvalue weighted by molar-refractivity contribution is -0.141. The van der Waals surface area contributed by atoms with Crippen LogP contribution in [0.5, 0.6) is 0 Å². The average molecular weight is 344 g/mol. The Labute approximate surface area is 147 Å². The van der Waals surface area contributed by atoms with E-state index >= 15 is 0 Å². The van der Waals surface area contributed by atoms with Gasteiger partial charge in [0.25, 0.3) is 5.91 Å². The van der Waals surface area contributed by atoms with Crippen LogP contribution < -0.4 is 5.48 Å². The molecule has 0 aliphatic carbocycles. The SMILES string of the molecule is CCCCC(CCC(=O)NO)N1C(=O)C/C(=C\c2ccccc2)C1=O. The third-order valence-electron chi connectivity index (χ3n) is 4.33. The molecule has 25 heavy (non-hydrogen) atoms. The maximum Gasteiger partial charge on any atom is 0.257 e. The van der Waals surface area contributed by atoms with Gasteiger partial charge in [0.1, 0.15) is 0 Å². The molecule has 6 nitrogen and oxygen atoms in total. The molecule has 1 fully saturated rings. The Hall–Kier alpha value is -2.47. The first-order valence-electron chi connectivity index (χ1n) is 8.61. The van der Waals surface area contributed by atoms with E-state index in [9.17, 15) is 14.4 Å². The van der Waals surface area contributed by atoms with Gasteiger partial charge in [0.05, 0.1) is 6.42 Å². The molecule has 1 unspecified atom stereocenters. The minimum atomic E-state index is -0.513. The molecule has 1 heterocycles. The lowest BCUT2D eigenvalue weighted by Gasteiger charge is -2.25. The molecular formula is C19H24N2O4. The molecule has 1 atom stereocenters. The van der Waals surface area contributed by atoms with Gasteiger partial charge in [-0.05, 0) is 24.5 Å². The number of hydrogen-bond donors (Lipinski definition) is 2. The number of carbonyl (C=O) groups is 3. The van der Waals surface area contributed by atoms with Crippen molar-refractivity contribution in [3.05, 3.63) is 41.5 Å². The molecule has 1 aliphatic rings. The van der Waals surface area contributed by atoms with Gasteiger partial charge in [-0.25, -0.2) is 5.48 Å². The van der Waals surface area contributed by atoms with Gasteiger partial charge in [0.15, 0.2) is 0 Å². The van der Waals surface area contributed by atoms with E-state index in [2.05, 4.69) is 0 Å². The summed E-state index contributed by atoms with van der Waals surface area (Å²) in [6, 6.07) is 9.09. The van der Waals surface area contributed by atoms with Crippen molar-refractivity contribution in [2.24, 2.45) is 0 Å². The Morgan fingerprint density at radius 3 is 2.64 bits per heavy atom. The van der Waals surface area contributed by atoms with E-state index in [1.54, 1.807) is 11.6 Å². The van der Waals surface area contributed by atoms with E-state index in [4.69, 9.17) is 5.21 Å². The topological polar surface area (TPSA) is 86.7 Å². The van der Waals surface area contributed by atoms with Gasteiger partial charge in [-0.3, -0.25) is 24.5 Å². The highest BCUT2D eigenvalue weighted by atomic mass is 16.5. The van der Waals surface area contributed by atoms with Crippen molar-refractivity contribution in [2.75, 3.05) is 0 Å². The molecule has 1 saturated heterocycles. The molecule has 3 amide bonds. The summed E-state index contributed by atoms with van der Waals surface area (Å²) in [4.78, 5) is 37.8. The number of benzene rings is 1. The lowest BCUT2D eigenvalue weighted by Crippen LogP contribution is -2.40. The minimum Gasteiger partial charge on any atom is -0.289 e. The third-order valence-corrected chi connectivity index (χ3v) is 4.33. The summed E-state index contributed by atoms with van der Waals surface area (Å²) in [5.74, 6) is -1.02. The zero-order chi connectivity index (χ0) is 18.2. The Balaban J connectivity index is 2.16. The summed E-state index contributed by atoms with van der Waals surface area (Å²) < 4.78 is 0. The molecule has 0 aromatic heterocycles. The number of carbonyl (C=O) groups excluding carboxylic acids is 3. The van der Waals surface area contributed by atoms with Crippen LogP contribution in [0.4, 0.5) is 0 Å². The zero-order valence-electron chi connectivity index (χ0n) is 14.4. The monoisotopic (exact) mass is 344 g/mol. The van der Waals surface area contributed by atoms with Crippen LogP contribution in [0.15, 0.2) is 35.9 Å². The summed E-state index contributed by atoms with van der Waals surface area (Å²) in [6.07, 6.45) is 4.71. The van der Waals surface area contributed by atoms with Gasteiger partial charge < -0.3 is 0 Å². The van der Waals surface area contributed by atoms with Crippen molar-refractivity contribution < 1.29 is 19.6 Å². The Morgan fingerprint density at radius 2 is 2.00 bits per heavy atom. The fourth-order valence-electron chi connectivity index (χ4n) is 3.02. The van der Waals surface area contributed by atoms with Crippen LogP contribution in [0.25, 0.3) is 6.08 Å². The molecule has 0 spiro atoms. The van der Waals surface area contributed by atoms with Crippen LogP contribution in [0.1, 0.15) is 51.0 Å². The second kappa shape index (κ2) is 9.13. The number of imide groups is 1. The first kappa shape index (κ1) is 18.9. The quantitative estimate of drug-likeness (QED) is 0.328. The average Bonchev–Trinajstić information content (AvgIpc) is 2.89. The van der Waals surface area contributed by atoms with Crippen LogP contribution >= 0.6 is 0 Å². The van der Waals surface area contributed by atoms with E-state index in [1.807, 2.05) is 37.3 Å². The van der Waals surface area contributed by atoms with Crippen LogP contribution in [0, 0.1) is 0 Å². The molecule has 0 saturated carbocycles. The Morgan fingerprint density at radius 1 is 1.28 bits per heavy atom. The maximum absolute atomic E-state index is 12.7. The smallest absolute Gasteiger partial charge is 0.257 e. The number of rotatable bonds is 8. The Bertz CT molecular complexity index is 655. The molecule has 2 N–H and O–H groups in total. The van der Waals surface area contributed by atoms with E-state index in [0.717, 1.165) is 18.4 Å². The van der Waals surface area contributed by atoms with E-state index in [0.29, 0.717) is 18.4 Å². The fourth-order valence-corrected chi connectivity index (χ4v) is 3.02. The predicted octanol–water partition coefficient (Wildman–Crippen LogP) is 2.67. The van der Waals surface area contributed by atoms with Gasteiger partial charge in [-0.15, -0.1) is 0 Å². The second-order valence-electron chi connectivity index (χ2n) is 6.20. The van der Waals surface area contributed by atoms with Crippen LogP contribution in [-0.2, 0) is 14.4 Å². The molecular weight excluding hydrogens is 320 g/mol. The highest BCUT2D eigenvalue weighted by molar-refractivity contribution is 6.15. The first-order chi connectivity index (χ1) is 12.1. The van der Waals surface area contributed by atoms with Gasteiger partial charge >= 0.3 is 0 Å². The van der Waals surface area contributed by atoms with Crippen molar-refractivity contribution in [3.8, 4) is 0 Å². The molecule has 1 aliphatic heterocycles. The van der Waals surface area contributed by atoms with Crippen molar-refractivity contribution in [3.63, 3.8) is 0 Å². The van der Waals surface area contributed by atoms with E-state index in [-0.39, 0.29) is 30.7 Å². The summed E-state index contributed by atoms with van der Waals surface area (Å²) >= 11 is 0. The molecule has 2 rings (SSSR count). The number of likely N-dealkylation sites (tertiary alicyclic amines) is 1. The number of hydrogen-bond acceptors (Lipinski definition) is 4. The summed E-state index contributed by atoms with van der Waals surface area (Å²) in [5.41, 5.74) is 2.95. The normalized spacial score (nSPS) is 17.2. The number of hydroxylamine groups is 1. The molecule has 1 aromatic rings. The van der Waals surface area contributed by atoms with Crippen molar-refractivity contribution in [2.45, 2.75) is 51.5 Å². The maximum atomic E-state index is 12.7. The summed E-state index contributed by atoms with van der Waals surface area (Å²) in [7, 11) is 0. The Kier molecular flexibility index (Phi) is 6.89. The molecule has 134 valence electrons. The number of nitrogens with zero attached hydrogens (tertiary/aromatic N) is 1. The number of amides is 3. The van der Waals surface area contributed by atoms with Crippen molar-refractivity contribution in [1.82, 2.24) is 10.4 Å². The molecule has 1 aromatic carbocycles. The van der Waals surface area contributed by atoms with Crippen LogP contribution in [0.3, 0.4) is 0 Å². The van der Waals surface area contributed by atoms with E-state index < -0.39 is 5.91 Å². The molecule has 0 radical (unpaired) electrons. The van der Waals surface area contributed by atoms with Crippen LogP contribution in [0.2, 0.25) is 0 Å². The van der Waals surface area contributed by atoms with Gasteiger partial charge in [0.2, 0.25) is 11.8 Å². The third kappa shape index (κ3) is 5.00. The largest absolute Gasteiger partial charge is 0.289 e. The first-order valence-corrected chi connectivity index (χ1v) is 8.61. The molecule has 6 heteroatoms. The predicted molar refractivity (Wildman–Crippen MR) is 93.4 cm³/mol. The zero-order valence-corrected chi connectivity index (χ0v) is 14.4. The van der Waals surface area contributed by atoms with E-state index in [1.165, 1.54) is 4.90 Å². The lowest BCUT2D eigenvalue weighted by atomic mass is 10.0. The highest BCUT2D eigenvalue weighted by Gasteiger charge is 2.38. The van der Waals surface area contributed by atoms with Crippen molar-refractivity contribution >= 4 is 23.8 Å². The summed E-state index contributed by atoms with van der Waals surface area (Å²) in [6.45, 7) is 2.03. The summed E-state index contributed by atoms with van der Waals surface area (Å²) in [5, 5.41) is 8.64. The number of unbranched alkanes of at least 4 members (excludes halogenated alkanes) is 1. The standard InChI is InChI=1S/C19H24N2O4/c1-2-3-9-16(10-11-17(22)20-25)21-18(23)13-15(19(21)24)12-14-7-5-4-6-8-14/h4-8,12,16,25H,2-3,9-11,13H2,1H3,(H,20,22)/b15-12+. The van der Waals surface area contributed by atoms with Gasteiger partial charge in [-0.1, -0.05) is 50.1 Å².